The number of carboxylic acids is 1. The van der Waals surface area contributed by atoms with Gasteiger partial charge < -0.3 is 10.4 Å². The van der Waals surface area contributed by atoms with Crippen molar-refractivity contribution in [2.24, 2.45) is 11.3 Å². The molecule has 0 spiro atoms. The molecule has 190 valence electrons. The molecule has 3 rings (SSSR count). The zero-order valence-corrected chi connectivity index (χ0v) is 22.3. The lowest BCUT2D eigenvalue weighted by Gasteiger charge is -2.49. The van der Waals surface area contributed by atoms with E-state index in [-0.39, 0.29) is 24.7 Å². The first-order chi connectivity index (χ1) is 16.3. The fourth-order valence-electron chi connectivity index (χ4n) is 5.16. The Hall–Kier alpha value is -2.09. The average Bonchev–Trinajstić information content (AvgIpc) is 2.78. The minimum absolute atomic E-state index is 0.288. The molecule has 1 aliphatic rings. The first-order valence-electron chi connectivity index (χ1n) is 11.5. The Morgan fingerprint density at radius 1 is 1.17 bits per heavy atom. The molecule has 1 aliphatic heterocycles. The number of carbonyl (C=O) groups is 2. The molecule has 0 aromatic heterocycles. The fourth-order valence-corrected chi connectivity index (χ4v) is 6.73. The van der Waals surface area contributed by atoms with Gasteiger partial charge in [-0.2, -0.15) is 0 Å². The van der Waals surface area contributed by atoms with E-state index in [4.69, 9.17) is 23.2 Å². The maximum absolute atomic E-state index is 13.1. The number of nitrogens with one attached hydrogen (secondary N) is 1. The highest BCUT2D eigenvalue weighted by atomic mass is 35.5. The SMILES string of the molecule is C[C@H]([C@](C)(CCc1ccc(Cl)cc1)[C@H]1NC(=O)[C@@H](CC(=O)O)C[C@@H]1c1cccc(Cl)c1)S(C)(=O)=O. The van der Waals surface area contributed by atoms with Crippen molar-refractivity contribution < 1.29 is 23.1 Å². The Labute approximate surface area is 216 Å². The van der Waals surface area contributed by atoms with E-state index >= 15 is 0 Å². The summed E-state index contributed by atoms with van der Waals surface area (Å²) in [6, 6.07) is 14.1. The highest BCUT2D eigenvalue weighted by Gasteiger charge is 2.51. The van der Waals surface area contributed by atoms with Crippen LogP contribution in [0, 0.1) is 11.3 Å². The lowest BCUT2D eigenvalue weighted by Crippen LogP contribution is -2.60. The number of piperidine rings is 1. The second-order valence-electron chi connectivity index (χ2n) is 9.78. The van der Waals surface area contributed by atoms with E-state index in [2.05, 4.69) is 5.32 Å². The number of hydrogen-bond donors (Lipinski definition) is 2. The quantitative estimate of drug-likeness (QED) is 0.460. The van der Waals surface area contributed by atoms with Crippen LogP contribution >= 0.6 is 23.2 Å². The maximum Gasteiger partial charge on any atom is 0.304 e. The van der Waals surface area contributed by atoms with Crippen LogP contribution in [0.4, 0.5) is 0 Å². The monoisotopic (exact) mass is 539 g/mol. The number of benzene rings is 2. The molecule has 2 N–H and O–H groups in total. The summed E-state index contributed by atoms with van der Waals surface area (Å²) in [5.74, 6) is -2.45. The molecule has 5 atom stereocenters. The van der Waals surface area contributed by atoms with Gasteiger partial charge in [0.1, 0.15) is 0 Å². The van der Waals surface area contributed by atoms with Crippen molar-refractivity contribution in [2.45, 2.75) is 56.7 Å². The summed E-state index contributed by atoms with van der Waals surface area (Å²) >= 11 is 12.3. The molecule has 0 aliphatic carbocycles. The van der Waals surface area contributed by atoms with Gasteiger partial charge >= 0.3 is 5.97 Å². The lowest BCUT2D eigenvalue weighted by molar-refractivity contribution is -0.143. The third-order valence-corrected chi connectivity index (χ3v) is 9.76. The molecule has 0 saturated carbocycles. The van der Waals surface area contributed by atoms with Gasteiger partial charge in [-0.25, -0.2) is 8.42 Å². The van der Waals surface area contributed by atoms with Crippen molar-refractivity contribution in [3.63, 3.8) is 0 Å². The molecular formula is C26H31Cl2NO5S. The van der Waals surface area contributed by atoms with E-state index in [1.165, 1.54) is 6.26 Å². The number of carboxylic acid groups (broad SMARTS) is 1. The Balaban J connectivity index is 2.06. The number of rotatable bonds is 9. The summed E-state index contributed by atoms with van der Waals surface area (Å²) in [5, 5.41) is 12.8. The minimum Gasteiger partial charge on any atom is -0.481 e. The van der Waals surface area contributed by atoms with Gasteiger partial charge in [-0.1, -0.05) is 54.4 Å². The Morgan fingerprint density at radius 2 is 1.83 bits per heavy atom. The molecule has 1 fully saturated rings. The van der Waals surface area contributed by atoms with Crippen molar-refractivity contribution in [1.29, 1.82) is 0 Å². The van der Waals surface area contributed by atoms with Crippen LogP contribution < -0.4 is 5.32 Å². The van der Waals surface area contributed by atoms with Gasteiger partial charge in [0.15, 0.2) is 9.84 Å². The number of amides is 1. The molecule has 1 heterocycles. The summed E-state index contributed by atoms with van der Waals surface area (Å²) in [6.07, 6.45) is 2.27. The smallest absolute Gasteiger partial charge is 0.304 e. The first-order valence-corrected chi connectivity index (χ1v) is 14.2. The molecule has 0 bridgehead atoms. The first kappa shape index (κ1) is 27.5. The van der Waals surface area contributed by atoms with Gasteiger partial charge in [0, 0.05) is 39.6 Å². The molecule has 0 unspecified atom stereocenters. The van der Waals surface area contributed by atoms with Crippen LogP contribution in [-0.4, -0.2) is 42.9 Å². The lowest BCUT2D eigenvalue weighted by atomic mass is 9.64. The summed E-state index contributed by atoms with van der Waals surface area (Å²) in [6.45, 7) is 3.58. The molecule has 1 saturated heterocycles. The molecule has 6 nitrogen and oxygen atoms in total. The largest absolute Gasteiger partial charge is 0.481 e. The van der Waals surface area contributed by atoms with Crippen molar-refractivity contribution in [3.05, 3.63) is 69.7 Å². The van der Waals surface area contributed by atoms with E-state index in [9.17, 15) is 23.1 Å². The molecule has 0 radical (unpaired) electrons. The average molecular weight is 541 g/mol. The third-order valence-electron chi connectivity index (χ3n) is 7.45. The summed E-state index contributed by atoms with van der Waals surface area (Å²) in [7, 11) is -3.48. The number of aryl methyl sites for hydroxylation is 1. The molecule has 35 heavy (non-hydrogen) atoms. The minimum atomic E-state index is -3.48. The maximum atomic E-state index is 13.1. The fraction of sp³-hybridized carbons (Fsp3) is 0.462. The summed E-state index contributed by atoms with van der Waals surface area (Å²) < 4.78 is 25.7. The topological polar surface area (TPSA) is 101 Å². The molecule has 9 heteroatoms. The highest BCUT2D eigenvalue weighted by molar-refractivity contribution is 7.91. The van der Waals surface area contributed by atoms with E-state index in [1.807, 2.05) is 31.2 Å². The van der Waals surface area contributed by atoms with Crippen LogP contribution in [0.25, 0.3) is 0 Å². The summed E-state index contributed by atoms with van der Waals surface area (Å²) in [5.41, 5.74) is 0.993. The van der Waals surface area contributed by atoms with Gasteiger partial charge in [0.05, 0.1) is 11.7 Å². The van der Waals surface area contributed by atoms with Crippen LogP contribution in [0.3, 0.4) is 0 Å². The van der Waals surface area contributed by atoms with Gasteiger partial charge in [-0.3, -0.25) is 9.59 Å². The predicted octanol–water partition coefficient (Wildman–Crippen LogP) is 5.13. The number of hydrogen-bond acceptors (Lipinski definition) is 4. The Morgan fingerprint density at radius 3 is 2.40 bits per heavy atom. The van der Waals surface area contributed by atoms with Crippen molar-refractivity contribution in [3.8, 4) is 0 Å². The zero-order chi connectivity index (χ0) is 26.0. The number of aliphatic carboxylic acids is 1. The second kappa shape index (κ2) is 10.9. The second-order valence-corrected chi connectivity index (χ2v) is 13.0. The van der Waals surface area contributed by atoms with Crippen LogP contribution in [0.5, 0.6) is 0 Å². The number of sulfone groups is 1. The van der Waals surface area contributed by atoms with E-state index in [0.29, 0.717) is 22.9 Å². The van der Waals surface area contributed by atoms with Gasteiger partial charge in [-0.15, -0.1) is 0 Å². The predicted molar refractivity (Wildman–Crippen MR) is 139 cm³/mol. The van der Waals surface area contributed by atoms with E-state index < -0.39 is 38.4 Å². The van der Waals surface area contributed by atoms with Crippen molar-refractivity contribution >= 4 is 44.9 Å². The van der Waals surface area contributed by atoms with Gasteiger partial charge in [0.2, 0.25) is 5.91 Å². The number of carbonyl (C=O) groups excluding carboxylic acids is 1. The normalized spacial score (nSPS) is 23.2. The van der Waals surface area contributed by atoms with E-state index in [0.717, 1.165) is 11.1 Å². The third kappa shape index (κ3) is 6.57. The molecule has 1 amide bonds. The van der Waals surface area contributed by atoms with Gasteiger partial charge in [0.25, 0.3) is 0 Å². The summed E-state index contributed by atoms with van der Waals surface area (Å²) in [4.78, 5) is 24.5. The Bertz CT molecular complexity index is 1180. The van der Waals surface area contributed by atoms with Crippen LogP contribution in [0.1, 0.15) is 50.2 Å². The molecule has 2 aromatic rings. The number of halogens is 2. The molecule has 2 aromatic carbocycles. The molecular weight excluding hydrogens is 509 g/mol. The van der Waals surface area contributed by atoms with Gasteiger partial charge in [-0.05, 0) is 61.6 Å². The standard InChI is InChI=1S/C26H31Cl2NO5S/c1-16(35(3,33)34)26(2,12-11-17-7-9-20(27)10-8-17)24-22(18-5-4-6-21(28)13-18)14-19(15-23(30)31)25(32)29-24/h4-10,13,16,19,22,24H,11-12,14-15H2,1-3H3,(H,29,32)(H,30,31)/t16-,19-,22-,24+,26+/m1/s1. The van der Waals surface area contributed by atoms with Crippen molar-refractivity contribution in [1.82, 2.24) is 5.32 Å². The van der Waals surface area contributed by atoms with Crippen LogP contribution in [0.15, 0.2) is 48.5 Å². The van der Waals surface area contributed by atoms with Crippen LogP contribution in [0.2, 0.25) is 10.0 Å². The van der Waals surface area contributed by atoms with Crippen molar-refractivity contribution in [2.75, 3.05) is 6.26 Å². The zero-order valence-electron chi connectivity index (χ0n) is 20.0. The van der Waals surface area contributed by atoms with E-state index in [1.54, 1.807) is 31.2 Å². The van der Waals surface area contributed by atoms with Crippen LogP contribution in [-0.2, 0) is 25.8 Å². The Kier molecular flexibility index (Phi) is 8.56. The highest BCUT2D eigenvalue weighted by Crippen LogP contribution is 2.46.